The van der Waals surface area contributed by atoms with E-state index >= 15 is 0 Å². The molecular weight excluding hydrogens is 322 g/mol. The van der Waals surface area contributed by atoms with E-state index in [-0.39, 0.29) is 11.4 Å². The number of pyridine rings is 1. The molecule has 1 atom stereocenters. The van der Waals surface area contributed by atoms with E-state index in [0.717, 1.165) is 32.7 Å². The van der Waals surface area contributed by atoms with Crippen molar-refractivity contribution in [1.82, 2.24) is 14.8 Å². The van der Waals surface area contributed by atoms with E-state index in [0.29, 0.717) is 18.3 Å². The van der Waals surface area contributed by atoms with Gasteiger partial charge in [-0.1, -0.05) is 0 Å². The number of nitrogens with zero attached hydrogens (tertiary/aromatic N) is 3. The molecule has 2 aliphatic rings. The zero-order chi connectivity index (χ0) is 17.0. The lowest BCUT2D eigenvalue weighted by molar-refractivity contribution is -0.148. The van der Waals surface area contributed by atoms with Crippen LogP contribution in [-0.2, 0) is 16.1 Å². The molecule has 5 nitrogen and oxygen atoms in total. The summed E-state index contributed by atoms with van der Waals surface area (Å²) in [6.45, 7) is 4.30. The molecule has 0 aliphatic carbocycles. The third-order valence-corrected chi connectivity index (χ3v) is 5.85. The Morgan fingerprint density at radius 1 is 1.42 bits per heavy atom. The van der Waals surface area contributed by atoms with Crippen molar-refractivity contribution in [1.29, 1.82) is 0 Å². The number of likely N-dealkylation sites (N-methyl/N-ethyl adjacent to an activating group) is 1. The van der Waals surface area contributed by atoms with Crippen LogP contribution in [0.15, 0.2) is 24.5 Å². The Labute approximate surface area is 148 Å². The van der Waals surface area contributed by atoms with Crippen molar-refractivity contribution >= 4 is 17.7 Å². The highest BCUT2D eigenvalue weighted by molar-refractivity contribution is 7.99. The summed E-state index contributed by atoms with van der Waals surface area (Å²) < 4.78 is 5.94. The molecule has 0 saturated carbocycles. The lowest BCUT2D eigenvalue weighted by Gasteiger charge is -2.58. The maximum Gasteiger partial charge on any atom is 0.232 e. The van der Waals surface area contributed by atoms with Gasteiger partial charge in [0.15, 0.2) is 0 Å². The van der Waals surface area contributed by atoms with Crippen molar-refractivity contribution in [2.24, 2.45) is 5.92 Å². The first-order valence-electron chi connectivity index (χ1n) is 8.57. The van der Waals surface area contributed by atoms with Crippen LogP contribution in [0.2, 0.25) is 0 Å². The van der Waals surface area contributed by atoms with Crippen LogP contribution >= 0.6 is 11.8 Å². The number of aromatic nitrogens is 1. The number of carbonyl (C=O) groups is 1. The second-order valence-electron chi connectivity index (χ2n) is 7.06. The zero-order valence-corrected chi connectivity index (χ0v) is 15.4. The molecule has 1 amide bonds. The average molecular weight is 350 g/mol. The van der Waals surface area contributed by atoms with Crippen molar-refractivity contribution in [3.8, 4) is 0 Å². The van der Waals surface area contributed by atoms with Crippen LogP contribution in [-0.4, -0.2) is 71.5 Å². The number of hydrogen-bond acceptors (Lipinski definition) is 5. The third-order valence-electron chi connectivity index (χ3n) is 5.31. The van der Waals surface area contributed by atoms with E-state index < -0.39 is 0 Å². The van der Waals surface area contributed by atoms with Crippen LogP contribution in [0.25, 0.3) is 0 Å². The monoisotopic (exact) mass is 349 g/mol. The first-order chi connectivity index (χ1) is 11.6. The molecule has 0 bridgehead atoms. The van der Waals surface area contributed by atoms with Gasteiger partial charge in [-0.3, -0.25) is 14.7 Å². The van der Waals surface area contributed by atoms with Crippen LogP contribution in [0.1, 0.15) is 18.4 Å². The molecule has 6 heteroatoms. The zero-order valence-electron chi connectivity index (χ0n) is 14.6. The highest BCUT2D eigenvalue weighted by Crippen LogP contribution is 2.38. The van der Waals surface area contributed by atoms with Gasteiger partial charge in [-0.15, -0.1) is 0 Å². The van der Waals surface area contributed by atoms with E-state index in [4.69, 9.17) is 4.74 Å². The molecule has 2 fully saturated rings. The maximum atomic E-state index is 12.0. The van der Waals surface area contributed by atoms with Gasteiger partial charge < -0.3 is 9.64 Å². The van der Waals surface area contributed by atoms with Crippen molar-refractivity contribution in [2.75, 3.05) is 45.3 Å². The van der Waals surface area contributed by atoms with Crippen molar-refractivity contribution < 1.29 is 9.53 Å². The Bertz CT molecular complexity index is 548. The summed E-state index contributed by atoms with van der Waals surface area (Å²) >= 11 is 1.60. The molecule has 3 heterocycles. The van der Waals surface area contributed by atoms with Crippen LogP contribution in [0.4, 0.5) is 0 Å². The number of hydrogen-bond donors (Lipinski definition) is 0. The largest absolute Gasteiger partial charge is 0.376 e. The normalized spacial score (nSPS) is 23.2. The number of thioether (sulfide) groups is 1. The predicted molar refractivity (Wildman–Crippen MR) is 96.9 cm³/mol. The first-order valence-corrected chi connectivity index (χ1v) is 9.97. The summed E-state index contributed by atoms with van der Waals surface area (Å²) in [6, 6.07) is 3.99. The number of amides is 1. The van der Waals surface area contributed by atoms with Crippen LogP contribution in [0.3, 0.4) is 0 Å². The number of piperidine rings is 1. The molecule has 1 aromatic rings. The van der Waals surface area contributed by atoms with E-state index in [1.807, 2.05) is 23.3 Å². The minimum atomic E-state index is 0.178. The van der Waals surface area contributed by atoms with Crippen molar-refractivity contribution in [2.45, 2.75) is 25.0 Å². The van der Waals surface area contributed by atoms with Gasteiger partial charge in [-0.05, 0) is 56.3 Å². The van der Waals surface area contributed by atoms with Gasteiger partial charge in [0.1, 0.15) is 0 Å². The Morgan fingerprint density at radius 3 is 2.88 bits per heavy atom. The summed E-state index contributed by atoms with van der Waals surface area (Å²) in [7, 11) is 2.20. The number of likely N-dealkylation sites (tertiary alicyclic amines) is 2. The molecule has 2 aliphatic heterocycles. The fraction of sp³-hybridized carbons (Fsp3) is 0.667. The molecule has 24 heavy (non-hydrogen) atoms. The minimum Gasteiger partial charge on any atom is -0.376 e. The van der Waals surface area contributed by atoms with E-state index in [1.165, 1.54) is 12.0 Å². The van der Waals surface area contributed by atoms with Gasteiger partial charge in [-0.25, -0.2) is 0 Å². The second-order valence-corrected chi connectivity index (χ2v) is 7.92. The van der Waals surface area contributed by atoms with Crippen molar-refractivity contribution in [3.05, 3.63) is 30.1 Å². The third kappa shape index (κ3) is 3.92. The van der Waals surface area contributed by atoms with Gasteiger partial charge in [0.25, 0.3) is 0 Å². The van der Waals surface area contributed by atoms with Gasteiger partial charge in [0.2, 0.25) is 5.91 Å². The summed E-state index contributed by atoms with van der Waals surface area (Å²) in [5.41, 5.74) is 1.35. The molecule has 1 unspecified atom stereocenters. The van der Waals surface area contributed by atoms with Crippen LogP contribution < -0.4 is 0 Å². The number of carbonyl (C=O) groups excluding carboxylic acids is 1. The fourth-order valence-electron chi connectivity index (χ4n) is 3.80. The molecule has 0 radical (unpaired) electrons. The number of rotatable bonds is 6. The van der Waals surface area contributed by atoms with E-state index in [2.05, 4.69) is 16.9 Å². The Hall–Kier alpha value is -1.11. The number of ether oxygens (including phenoxy) is 1. The second kappa shape index (κ2) is 7.85. The summed E-state index contributed by atoms with van der Waals surface area (Å²) in [5.74, 6) is 1.46. The maximum absolute atomic E-state index is 12.0. The SMILES string of the molecule is CSCC(=O)N1CC2(CC(COCc3ccncc3)CCN2C)C1. The molecule has 0 aromatic carbocycles. The highest BCUT2D eigenvalue weighted by atomic mass is 32.2. The Morgan fingerprint density at radius 2 is 2.17 bits per heavy atom. The molecule has 0 N–H and O–H groups in total. The highest BCUT2D eigenvalue weighted by Gasteiger charge is 2.50. The molecular formula is C18H27N3O2S. The summed E-state index contributed by atoms with van der Waals surface area (Å²) in [4.78, 5) is 20.5. The Kier molecular flexibility index (Phi) is 5.79. The smallest absolute Gasteiger partial charge is 0.232 e. The summed E-state index contributed by atoms with van der Waals surface area (Å²) in [6.07, 6.45) is 7.89. The van der Waals surface area contributed by atoms with Gasteiger partial charge >= 0.3 is 0 Å². The lowest BCUT2D eigenvalue weighted by atomic mass is 9.75. The standard InChI is InChI=1S/C18H27N3O2S/c1-20-8-5-16(11-23-10-15-3-6-19-7-4-15)9-18(20)13-21(14-18)17(22)12-24-2/h3-4,6-7,16H,5,8-14H2,1-2H3. The lowest BCUT2D eigenvalue weighted by Crippen LogP contribution is -2.72. The van der Waals surface area contributed by atoms with Crippen LogP contribution in [0, 0.1) is 5.92 Å². The van der Waals surface area contributed by atoms with E-state index in [9.17, 15) is 4.79 Å². The predicted octanol–water partition coefficient (Wildman–Crippen LogP) is 1.88. The average Bonchev–Trinajstić information content (AvgIpc) is 2.55. The summed E-state index contributed by atoms with van der Waals surface area (Å²) in [5, 5.41) is 0. The van der Waals surface area contributed by atoms with Gasteiger partial charge in [0.05, 0.1) is 17.9 Å². The Balaban J connectivity index is 1.47. The quantitative estimate of drug-likeness (QED) is 0.785. The molecule has 1 spiro atoms. The molecule has 1 aromatic heterocycles. The van der Waals surface area contributed by atoms with Crippen molar-refractivity contribution in [3.63, 3.8) is 0 Å². The molecule has 3 rings (SSSR count). The van der Waals surface area contributed by atoms with Crippen LogP contribution in [0.5, 0.6) is 0 Å². The molecule has 2 saturated heterocycles. The fourth-order valence-corrected chi connectivity index (χ4v) is 4.23. The molecule has 132 valence electrons. The topological polar surface area (TPSA) is 45.7 Å². The van der Waals surface area contributed by atoms with Gasteiger partial charge in [0, 0.05) is 32.1 Å². The van der Waals surface area contributed by atoms with E-state index in [1.54, 1.807) is 24.2 Å². The van der Waals surface area contributed by atoms with Gasteiger partial charge in [-0.2, -0.15) is 11.8 Å². The first kappa shape index (κ1) is 17.7. The minimum absolute atomic E-state index is 0.178.